The SMILES string of the molecule is O=C1CCCc2c1cc1c3ccccc3ccc1[n+]2-c1ccccc1.[Br-]. The second-order valence-electron chi connectivity index (χ2n) is 6.67. The monoisotopic (exact) mass is 403 g/mol. The molecule has 0 spiro atoms. The third kappa shape index (κ3) is 2.55. The summed E-state index contributed by atoms with van der Waals surface area (Å²) in [7, 11) is 0. The number of carbonyl (C=O) groups is 1. The van der Waals surface area contributed by atoms with Gasteiger partial charge in [-0.25, -0.2) is 0 Å². The number of Topliss-reactive ketones (excluding diaryl/α,β-unsaturated/α-hetero) is 1. The molecule has 0 saturated carbocycles. The molecule has 3 aromatic carbocycles. The lowest BCUT2D eigenvalue weighted by Gasteiger charge is -2.16. The zero-order valence-electron chi connectivity index (χ0n) is 14.3. The Morgan fingerprint density at radius 2 is 1.54 bits per heavy atom. The van der Waals surface area contributed by atoms with Crippen LogP contribution in [0, 0.1) is 0 Å². The van der Waals surface area contributed by atoms with E-state index in [4.69, 9.17) is 0 Å². The zero-order chi connectivity index (χ0) is 16.8. The van der Waals surface area contributed by atoms with E-state index in [0.717, 1.165) is 35.2 Å². The topological polar surface area (TPSA) is 20.9 Å². The lowest BCUT2D eigenvalue weighted by atomic mass is 9.91. The van der Waals surface area contributed by atoms with Gasteiger partial charge in [0.15, 0.2) is 11.5 Å². The molecule has 0 saturated heterocycles. The van der Waals surface area contributed by atoms with Crippen molar-refractivity contribution in [2.24, 2.45) is 0 Å². The van der Waals surface area contributed by atoms with Gasteiger partial charge in [-0.15, -0.1) is 0 Å². The number of halogens is 1. The fourth-order valence-electron chi connectivity index (χ4n) is 4.04. The van der Waals surface area contributed by atoms with E-state index in [1.807, 2.05) is 6.07 Å². The Morgan fingerprint density at radius 1 is 0.769 bits per heavy atom. The maximum atomic E-state index is 12.6. The Balaban J connectivity index is 0.00000168. The lowest BCUT2D eigenvalue weighted by molar-refractivity contribution is -0.576. The molecule has 2 nitrogen and oxygen atoms in total. The molecule has 0 amide bonds. The van der Waals surface area contributed by atoms with E-state index in [1.165, 1.54) is 16.3 Å². The van der Waals surface area contributed by atoms with Crippen molar-refractivity contribution in [1.82, 2.24) is 0 Å². The molecule has 1 heterocycles. The average molecular weight is 404 g/mol. The van der Waals surface area contributed by atoms with Gasteiger partial charge >= 0.3 is 0 Å². The number of para-hydroxylation sites is 1. The van der Waals surface area contributed by atoms with Gasteiger partial charge in [-0.3, -0.25) is 4.79 Å². The van der Waals surface area contributed by atoms with Gasteiger partial charge < -0.3 is 17.0 Å². The quantitative estimate of drug-likeness (QED) is 0.350. The first-order chi connectivity index (χ1) is 12.3. The number of ketones is 1. The van der Waals surface area contributed by atoms with E-state index >= 15 is 0 Å². The van der Waals surface area contributed by atoms with E-state index in [1.54, 1.807) is 0 Å². The summed E-state index contributed by atoms with van der Waals surface area (Å²) in [6.07, 6.45) is 2.52. The molecule has 0 aliphatic heterocycles. The number of aromatic nitrogens is 1. The summed E-state index contributed by atoms with van der Waals surface area (Å²) in [4.78, 5) is 12.6. The molecule has 0 N–H and O–H groups in total. The van der Waals surface area contributed by atoms with Gasteiger partial charge in [0.25, 0.3) is 0 Å². The van der Waals surface area contributed by atoms with Crippen molar-refractivity contribution in [3.05, 3.63) is 84.1 Å². The Morgan fingerprint density at radius 3 is 2.38 bits per heavy atom. The van der Waals surface area contributed by atoms with Crippen LogP contribution >= 0.6 is 0 Å². The molecule has 26 heavy (non-hydrogen) atoms. The van der Waals surface area contributed by atoms with Gasteiger partial charge in [0, 0.05) is 31.0 Å². The van der Waals surface area contributed by atoms with Crippen molar-refractivity contribution in [1.29, 1.82) is 0 Å². The second kappa shape index (κ2) is 6.65. The maximum absolute atomic E-state index is 12.6. The Labute approximate surface area is 162 Å². The highest BCUT2D eigenvalue weighted by atomic mass is 79.9. The number of benzene rings is 3. The molecule has 0 bridgehead atoms. The smallest absolute Gasteiger partial charge is 0.219 e. The Kier molecular flexibility index (Phi) is 4.33. The first-order valence-corrected chi connectivity index (χ1v) is 8.81. The molecular weight excluding hydrogens is 386 g/mol. The highest BCUT2D eigenvalue weighted by Crippen LogP contribution is 2.29. The van der Waals surface area contributed by atoms with E-state index in [-0.39, 0.29) is 22.8 Å². The van der Waals surface area contributed by atoms with Crippen molar-refractivity contribution >= 4 is 27.5 Å². The summed E-state index contributed by atoms with van der Waals surface area (Å²) in [6.45, 7) is 0. The van der Waals surface area contributed by atoms with Crippen LogP contribution in [-0.2, 0) is 6.42 Å². The summed E-state index contributed by atoms with van der Waals surface area (Å²) < 4.78 is 2.29. The molecule has 0 atom stereocenters. The number of nitrogens with zero attached hydrogens (tertiary/aromatic N) is 1. The van der Waals surface area contributed by atoms with Crippen LogP contribution in [0.5, 0.6) is 0 Å². The van der Waals surface area contributed by atoms with Crippen LogP contribution < -0.4 is 21.5 Å². The van der Waals surface area contributed by atoms with E-state index < -0.39 is 0 Å². The van der Waals surface area contributed by atoms with Crippen LogP contribution in [-0.4, -0.2) is 5.78 Å². The van der Waals surface area contributed by atoms with Crippen LogP contribution in [0.3, 0.4) is 0 Å². The van der Waals surface area contributed by atoms with Gasteiger partial charge in [0.05, 0.1) is 10.9 Å². The first kappa shape index (κ1) is 16.9. The predicted molar refractivity (Wildman–Crippen MR) is 100 cm³/mol. The van der Waals surface area contributed by atoms with Crippen molar-refractivity contribution in [3.63, 3.8) is 0 Å². The highest BCUT2D eigenvalue weighted by Gasteiger charge is 2.30. The van der Waals surface area contributed by atoms with Crippen molar-refractivity contribution < 1.29 is 26.3 Å². The molecule has 0 radical (unpaired) electrons. The zero-order valence-corrected chi connectivity index (χ0v) is 15.9. The average Bonchev–Trinajstić information content (AvgIpc) is 2.67. The molecular formula is C23H18BrNO. The number of pyridine rings is 1. The minimum absolute atomic E-state index is 0. The summed E-state index contributed by atoms with van der Waals surface area (Å²) >= 11 is 0. The molecule has 0 unspecified atom stereocenters. The van der Waals surface area contributed by atoms with E-state index in [0.29, 0.717) is 6.42 Å². The largest absolute Gasteiger partial charge is 1.00 e. The molecule has 128 valence electrons. The fourth-order valence-corrected chi connectivity index (χ4v) is 4.04. The minimum Gasteiger partial charge on any atom is -1.00 e. The van der Waals surface area contributed by atoms with Crippen molar-refractivity contribution in [3.8, 4) is 5.69 Å². The van der Waals surface area contributed by atoms with E-state index in [2.05, 4.69) is 71.3 Å². The number of rotatable bonds is 1. The molecule has 1 aliphatic rings. The minimum atomic E-state index is 0. The number of fused-ring (bicyclic) bond motifs is 4. The van der Waals surface area contributed by atoms with Crippen molar-refractivity contribution in [2.45, 2.75) is 19.3 Å². The molecule has 5 rings (SSSR count). The maximum Gasteiger partial charge on any atom is 0.219 e. The highest BCUT2D eigenvalue weighted by molar-refractivity contribution is 6.08. The molecule has 0 fully saturated rings. The standard InChI is InChI=1S/C23H18NO.BrH/c25-23-12-6-11-21-20(23)15-19-18-10-5-4-7-16(18)13-14-22(19)24(21)17-8-2-1-3-9-17;/h1-5,7-10,13-15H,6,11-12H2;1H/q+1;/p-1. The number of hydrogen-bond donors (Lipinski definition) is 0. The van der Waals surface area contributed by atoms with Gasteiger partial charge in [-0.05, 0) is 29.3 Å². The van der Waals surface area contributed by atoms with Gasteiger partial charge in [-0.1, -0.05) is 42.5 Å². The number of carbonyl (C=O) groups excluding carboxylic acids is 1. The Hall–Kier alpha value is -2.52. The van der Waals surface area contributed by atoms with Crippen LogP contribution in [0.4, 0.5) is 0 Å². The van der Waals surface area contributed by atoms with Crippen LogP contribution in [0.25, 0.3) is 27.4 Å². The fraction of sp³-hybridized carbons (Fsp3) is 0.130. The lowest BCUT2D eigenvalue weighted by Crippen LogP contribution is -3.00. The van der Waals surface area contributed by atoms with Gasteiger partial charge in [-0.2, -0.15) is 4.57 Å². The third-order valence-corrected chi connectivity index (χ3v) is 5.19. The van der Waals surface area contributed by atoms with Crippen LogP contribution in [0.1, 0.15) is 28.9 Å². The van der Waals surface area contributed by atoms with Crippen molar-refractivity contribution in [2.75, 3.05) is 0 Å². The van der Waals surface area contributed by atoms with E-state index in [9.17, 15) is 4.79 Å². The van der Waals surface area contributed by atoms with Crippen LogP contribution in [0.15, 0.2) is 72.8 Å². The summed E-state index contributed by atoms with van der Waals surface area (Å²) in [6, 6.07) is 25.3. The summed E-state index contributed by atoms with van der Waals surface area (Å²) in [5.74, 6) is 0.265. The summed E-state index contributed by atoms with van der Waals surface area (Å²) in [5.41, 5.74) is 4.32. The molecule has 4 aromatic rings. The number of hydrogen-bond acceptors (Lipinski definition) is 1. The molecule has 1 aliphatic carbocycles. The summed E-state index contributed by atoms with van der Waals surface area (Å²) in [5, 5.41) is 3.56. The second-order valence-corrected chi connectivity index (χ2v) is 6.67. The predicted octanol–water partition coefficient (Wildman–Crippen LogP) is 1.79. The third-order valence-electron chi connectivity index (χ3n) is 5.19. The molecule has 3 heteroatoms. The molecule has 1 aromatic heterocycles. The van der Waals surface area contributed by atoms with Gasteiger partial charge in [0.2, 0.25) is 11.2 Å². The van der Waals surface area contributed by atoms with Crippen LogP contribution in [0.2, 0.25) is 0 Å². The Bertz CT molecular complexity index is 1140. The van der Waals surface area contributed by atoms with Gasteiger partial charge in [0.1, 0.15) is 0 Å². The first-order valence-electron chi connectivity index (χ1n) is 8.81. The normalized spacial score (nSPS) is 13.5.